The van der Waals surface area contributed by atoms with E-state index in [4.69, 9.17) is 21.1 Å². The van der Waals surface area contributed by atoms with Gasteiger partial charge in [0, 0.05) is 25.5 Å². The van der Waals surface area contributed by atoms with Crippen LogP contribution in [0.1, 0.15) is 25.7 Å². The molecule has 0 radical (unpaired) electrons. The fourth-order valence-corrected chi connectivity index (χ4v) is 2.67. The number of morpholine rings is 1. The third kappa shape index (κ3) is 3.57. The van der Waals surface area contributed by atoms with E-state index in [1.54, 1.807) is 0 Å². The Labute approximate surface area is 107 Å². The molecule has 1 amide bonds. The van der Waals surface area contributed by atoms with Crippen molar-refractivity contribution in [3.8, 4) is 0 Å². The van der Waals surface area contributed by atoms with Gasteiger partial charge >= 0.3 is 0 Å². The maximum absolute atomic E-state index is 12.1. The van der Waals surface area contributed by atoms with Crippen LogP contribution in [-0.4, -0.2) is 55.2 Å². The van der Waals surface area contributed by atoms with Crippen molar-refractivity contribution in [1.29, 1.82) is 0 Å². The number of nitrogens with zero attached hydrogens (tertiary/aromatic N) is 1. The molecule has 17 heavy (non-hydrogen) atoms. The minimum absolute atomic E-state index is 0.0439. The van der Waals surface area contributed by atoms with Gasteiger partial charge in [0.15, 0.2) is 0 Å². The fourth-order valence-electron chi connectivity index (χ4n) is 2.41. The van der Waals surface area contributed by atoms with Crippen molar-refractivity contribution in [1.82, 2.24) is 4.90 Å². The number of ether oxygens (including phenoxy) is 2. The second kappa shape index (κ2) is 6.57. The van der Waals surface area contributed by atoms with E-state index in [1.165, 1.54) is 0 Å². The van der Waals surface area contributed by atoms with E-state index in [9.17, 15) is 4.79 Å². The van der Waals surface area contributed by atoms with Gasteiger partial charge in [0.05, 0.1) is 25.4 Å². The quantitative estimate of drug-likeness (QED) is 0.719. The summed E-state index contributed by atoms with van der Waals surface area (Å²) in [5.41, 5.74) is 0. The summed E-state index contributed by atoms with van der Waals surface area (Å²) in [6.45, 7) is 2.71. The van der Waals surface area contributed by atoms with Crippen LogP contribution < -0.4 is 0 Å². The third-order valence-corrected chi connectivity index (χ3v) is 3.79. The van der Waals surface area contributed by atoms with E-state index in [0.29, 0.717) is 32.1 Å². The first-order valence-corrected chi connectivity index (χ1v) is 6.89. The van der Waals surface area contributed by atoms with Crippen LogP contribution in [-0.2, 0) is 14.3 Å². The summed E-state index contributed by atoms with van der Waals surface area (Å²) < 4.78 is 10.9. The summed E-state index contributed by atoms with van der Waals surface area (Å²) >= 11 is 5.85. The summed E-state index contributed by atoms with van der Waals surface area (Å²) in [5, 5.41) is 0. The second-order valence-corrected chi connectivity index (χ2v) is 4.95. The third-order valence-electron chi connectivity index (χ3n) is 3.43. The number of carbonyl (C=O) groups is 1. The minimum atomic E-state index is 0.0439. The Balaban J connectivity index is 1.76. The highest BCUT2D eigenvalue weighted by molar-refractivity contribution is 6.18. The van der Waals surface area contributed by atoms with E-state index >= 15 is 0 Å². The molecule has 2 saturated heterocycles. The first-order chi connectivity index (χ1) is 8.31. The molecule has 0 bridgehead atoms. The molecule has 2 unspecified atom stereocenters. The van der Waals surface area contributed by atoms with Crippen LogP contribution in [0, 0.1) is 0 Å². The number of hydrogen-bond donors (Lipinski definition) is 0. The van der Waals surface area contributed by atoms with E-state index in [0.717, 1.165) is 25.9 Å². The summed E-state index contributed by atoms with van der Waals surface area (Å²) in [5.74, 6) is 0.639. The van der Waals surface area contributed by atoms with Gasteiger partial charge < -0.3 is 14.4 Å². The van der Waals surface area contributed by atoms with Crippen LogP contribution in [0.2, 0.25) is 0 Å². The van der Waals surface area contributed by atoms with Crippen LogP contribution in [0.5, 0.6) is 0 Å². The Hall–Kier alpha value is -0.320. The Morgan fingerprint density at radius 3 is 3.00 bits per heavy atom. The SMILES string of the molecule is O=C(CCC1CCCO1)N1CCOCC1CCl. The minimum Gasteiger partial charge on any atom is -0.378 e. The average molecular weight is 262 g/mol. The number of alkyl halides is 1. The number of halogens is 1. The zero-order chi connectivity index (χ0) is 12.1. The first-order valence-electron chi connectivity index (χ1n) is 6.36. The van der Waals surface area contributed by atoms with Crippen LogP contribution in [0.15, 0.2) is 0 Å². The van der Waals surface area contributed by atoms with Crippen molar-refractivity contribution in [3.63, 3.8) is 0 Å². The molecule has 0 aromatic heterocycles. The normalized spacial score (nSPS) is 29.6. The van der Waals surface area contributed by atoms with Gasteiger partial charge in [-0.2, -0.15) is 0 Å². The zero-order valence-electron chi connectivity index (χ0n) is 10.1. The second-order valence-electron chi connectivity index (χ2n) is 4.64. The number of rotatable bonds is 4. The van der Waals surface area contributed by atoms with Crippen molar-refractivity contribution in [2.75, 3.05) is 32.2 Å². The number of carbonyl (C=O) groups excluding carboxylic acids is 1. The fraction of sp³-hybridized carbons (Fsp3) is 0.917. The molecular formula is C12H20ClNO3. The predicted molar refractivity (Wildman–Crippen MR) is 65.2 cm³/mol. The van der Waals surface area contributed by atoms with Crippen LogP contribution in [0.4, 0.5) is 0 Å². The predicted octanol–water partition coefficient (Wildman–Crippen LogP) is 1.41. The van der Waals surface area contributed by atoms with Crippen molar-refractivity contribution in [3.05, 3.63) is 0 Å². The molecule has 0 aromatic carbocycles. The van der Waals surface area contributed by atoms with Gasteiger partial charge in [-0.3, -0.25) is 4.79 Å². The molecule has 4 nitrogen and oxygen atoms in total. The van der Waals surface area contributed by atoms with E-state index in [2.05, 4.69) is 0 Å². The Bertz CT molecular complexity index is 256. The van der Waals surface area contributed by atoms with E-state index in [1.807, 2.05) is 4.90 Å². The van der Waals surface area contributed by atoms with E-state index < -0.39 is 0 Å². The zero-order valence-corrected chi connectivity index (χ0v) is 10.8. The summed E-state index contributed by atoms with van der Waals surface area (Å²) in [7, 11) is 0. The van der Waals surface area contributed by atoms with Gasteiger partial charge in [0.2, 0.25) is 5.91 Å². The molecule has 98 valence electrons. The largest absolute Gasteiger partial charge is 0.378 e. The van der Waals surface area contributed by atoms with Gasteiger partial charge in [-0.1, -0.05) is 0 Å². The Morgan fingerprint density at radius 1 is 1.41 bits per heavy atom. The molecule has 2 aliphatic heterocycles. The molecule has 2 atom stereocenters. The van der Waals surface area contributed by atoms with Gasteiger partial charge in [0.1, 0.15) is 0 Å². The lowest BCUT2D eigenvalue weighted by Crippen LogP contribution is -2.49. The Kier molecular flexibility index (Phi) is 5.07. The molecule has 0 aromatic rings. The molecule has 2 aliphatic rings. The van der Waals surface area contributed by atoms with Gasteiger partial charge in [-0.15, -0.1) is 11.6 Å². The topological polar surface area (TPSA) is 38.8 Å². The molecule has 2 heterocycles. The summed E-state index contributed by atoms with van der Waals surface area (Å²) in [6.07, 6.45) is 3.91. The van der Waals surface area contributed by atoms with Crippen molar-refractivity contribution in [2.24, 2.45) is 0 Å². The number of hydrogen-bond acceptors (Lipinski definition) is 3. The molecule has 2 rings (SSSR count). The van der Waals surface area contributed by atoms with Crippen LogP contribution in [0.3, 0.4) is 0 Å². The highest BCUT2D eigenvalue weighted by Crippen LogP contribution is 2.18. The highest BCUT2D eigenvalue weighted by atomic mass is 35.5. The smallest absolute Gasteiger partial charge is 0.223 e. The maximum Gasteiger partial charge on any atom is 0.223 e. The van der Waals surface area contributed by atoms with E-state index in [-0.39, 0.29) is 18.1 Å². The maximum atomic E-state index is 12.1. The molecule has 0 spiro atoms. The van der Waals surface area contributed by atoms with Crippen LogP contribution in [0.25, 0.3) is 0 Å². The molecule has 0 aliphatic carbocycles. The lowest BCUT2D eigenvalue weighted by molar-refractivity contribution is -0.139. The Morgan fingerprint density at radius 2 is 2.29 bits per heavy atom. The van der Waals surface area contributed by atoms with Gasteiger partial charge in [-0.25, -0.2) is 0 Å². The molecule has 0 saturated carbocycles. The average Bonchev–Trinajstić information content (AvgIpc) is 2.89. The van der Waals surface area contributed by atoms with Gasteiger partial charge in [-0.05, 0) is 19.3 Å². The summed E-state index contributed by atoms with van der Waals surface area (Å²) in [4.78, 5) is 13.9. The van der Waals surface area contributed by atoms with Crippen molar-refractivity contribution >= 4 is 17.5 Å². The molecular weight excluding hydrogens is 242 g/mol. The lowest BCUT2D eigenvalue weighted by atomic mass is 10.1. The van der Waals surface area contributed by atoms with Gasteiger partial charge in [0.25, 0.3) is 0 Å². The van der Waals surface area contributed by atoms with Crippen LogP contribution >= 0.6 is 11.6 Å². The standard InChI is InChI=1S/C12H20ClNO3/c13-8-10-9-16-7-5-14(10)12(15)4-3-11-2-1-6-17-11/h10-11H,1-9H2. The molecule has 5 heteroatoms. The van der Waals surface area contributed by atoms with Crippen molar-refractivity contribution in [2.45, 2.75) is 37.8 Å². The molecule has 0 N–H and O–H groups in total. The lowest BCUT2D eigenvalue weighted by Gasteiger charge is -2.34. The van der Waals surface area contributed by atoms with Crippen molar-refractivity contribution < 1.29 is 14.3 Å². The monoisotopic (exact) mass is 261 g/mol. The summed E-state index contributed by atoms with van der Waals surface area (Å²) in [6, 6.07) is 0.0439. The molecule has 2 fully saturated rings. The number of amides is 1. The highest BCUT2D eigenvalue weighted by Gasteiger charge is 2.27. The first kappa shape index (κ1) is 13.1.